The van der Waals surface area contributed by atoms with Crippen LogP contribution in [0, 0.1) is 0 Å². The van der Waals surface area contributed by atoms with Crippen LogP contribution in [0.25, 0.3) is 0 Å². The first-order valence-electron chi connectivity index (χ1n) is 5.66. The lowest BCUT2D eigenvalue weighted by molar-refractivity contribution is 0.0827. The van der Waals surface area contributed by atoms with Crippen LogP contribution < -0.4 is 4.90 Å². The Labute approximate surface area is 97.7 Å². The molecule has 0 atom stereocenters. The van der Waals surface area contributed by atoms with E-state index in [4.69, 9.17) is 0 Å². The molecule has 0 spiro atoms. The fourth-order valence-electron chi connectivity index (χ4n) is 1.66. The highest BCUT2D eigenvalue weighted by molar-refractivity contribution is 5.94. The van der Waals surface area contributed by atoms with Crippen molar-refractivity contribution >= 4 is 11.6 Å². The SMILES string of the molecule is CCN(CC)c1ccc(C(=O)N(C)C)cc1. The average molecular weight is 220 g/mol. The molecule has 3 heteroatoms. The van der Waals surface area contributed by atoms with Crippen LogP contribution in [-0.4, -0.2) is 38.0 Å². The maximum Gasteiger partial charge on any atom is 0.253 e. The van der Waals surface area contributed by atoms with Gasteiger partial charge in [-0.15, -0.1) is 0 Å². The quantitative estimate of drug-likeness (QED) is 0.777. The van der Waals surface area contributed by atoms with E-state index in [-0.39, 0.29) is 5.91 Å². The summed E-state index contributed by atoms with van der Waals surface area (Å²) in [7, 11) is 3.53. The first-order valence-corrected chi connectivity index (χ1v) is 5.66. The van der Waals surface area contributed by atoms with Gasteiger partial charge in [0.15, 0.2) is 0 Å². The van der Waals surface area contributed by atoms with Gasteiger partial charge in [0.05, 0.1) is 0 Å². The Morgan fingerprint density at radius 1 is 1.06 bits per heavy atom. The Hall–Kier alpha value is -1.51. The van der Waals surface area contributed by atoms with Crippen molar-refractivity contribution in [1.82, 2.24) is 4.90 Å². The number of amides is 1. The molecule has 0 aliphatic rings. The Bertz CT molecular complexity index is 339. The molecule has 0 saturated heterocycles. The molecule has 88 valence electrons. The second kappa shape index (κ2) is 5.54. The molecule has 16 heavy (non-hydrogen) atoms. The summed E-state index contributed by atoms with van der Waals surface area (Å²) in [6, 6.07) is 7.78. The molecular weight excluding hydrogens is 200 g/mol. The van der Waals surface area contributed by atoms with E-state index in [0.29, 0.717) is 0 Å². The highest BCUT2D eigenvalue weighted by Crippen LogP contribution is 2.15. The number of carbonyl (C=O) groups is 1. The number of hydrogen-bond donors (Lipinski definition) is 0. The minimum atomic E-state index is 0.0473. The van der Waals surface area contributed by atoms with Crippen molar-refractivity contribution in [3.8, 4) is 0 Å². The van der Waals surface area contributed by atoms with E-state index >= 15 is 0 Å². The zero-order chi connectivity index (χ0) is 12.1. The first-order chi connectivity index (χ1) is 7.60. The minimum absolute atomic E-state index is 0.0473. The molecule has 0 saturated carbocycles. The molecule has 0 aliphatic carbocycles. The number of hydrogen-bond acceptors (Lipinski definition) is 2. The van der Waals surface area contributed by atoms with Crippen LogP contribution in [0.3, 0.4) is 0 Å². The van der Waals surface area contributed by atoms with E-state index in [9.17, 15) is 4.79 Å². The highest BCUT2D eigenvalue weighted by atomic mass is 16.2. The van der Waals surface area contributed by atoms with Crippen LogP contribution in [0.1, 0.15) is 24.2 Å². The van der Waals surface area contributed by atoms with Gasteiger partial charge in [0, 0.05) is 38.4 Å². The Kier molecular flexibility index (Phi) is 4.35. The monoisotopic (exact) mass is 220 g/mol. The third kappa shape index (κ3) is 2.75. The summed E-state index contributed by atoms with van der Waals surface area (Å²) in [6.07, 6.45) is 0. The van der Waals surface area contributed by atoms with Crippen LogP contribution in [0.2, 0.25) is 0 Å². The molecule has 0 fully saturated rings. The van der Waals surface area contributed by atoms with Crippen molar-refractivity contribution in [3.05, 3.63) is 29.8 Å². The van der Waals surface area contributed by atoms with Gasteiger partial charge >= 0.3 is 0 Å². The van der Waals surface area contributed by atoms with Crippen molar-refractivity contribution in [2.75, 3.05) is 32.1 Å². The lowest BCUT2D eigenvalue weighted by Crippen LogP contribution is -2.23. The smallest absolute Gasteiger partial charge is 0.253 e. The van der Waals surface area contributed by atoms with E-state index in [1.54, 1.807) is 19.0 Å². The van der Waals surface area contributed by atoms with Gasteiger partial charge in [-0.2, -0.15) is 0 Å². The summed E-state index contributed by atoms with van der Waals surface area (Å²) in [5.74, 6) is 0.0473. The summed E-state index contributed by atoms with van der Waals surface area (Å²) < 4.78 is 0. The topological polar surface area (TPSA) is 23.6 Å². The van der Waals surface area contributed by atoms with Crippen molar-refractivity contribution in [1.29, 1.82) is 0 Å². The molecule has 0 N–H and O–H groups in total. The van der Waals surface area contributed by atoms with Gasteiger partial charge in [-0.3, -0.25) is 4.79 Å². The summed E-state index contributed by atoms with van der Waals surface area (Å²) in [4.78, 5) is 15.5. The van der Waals surface area contributed by atoms with Crippen LogP contribution in [-0.2, 0) is 0 Å². The van der Waals surface area contributed by atoms with Gasteiger partial charge < -0.3 is 9.80 Å². The largest absolute Gasteiger partial charge is 0.372 e. The van der Waals surface area contributed by atoms with E-state index in [1.807, 2.05) is 24.3 Å². The molecule has 0 unspecified atom stereocenters. The molecule has 0 radical (unpaired) electrons. The van der Waals surface area contributed by atoms with Crippen molar-refractivity contribution in [3.63, 3.8) is 0 Å². The van der Waals surface area contributed by atoms with Crippen LogP contribution in [0.4, 0.5) is 5.69 Å². The summed E-state index contributed by atoms with van der Waals surface area (Å²) in [5, 5.41) is 0. The van der Waals surface area contributed by atoms with Crippen LogP contribution >= 0.6 is 0 Å². The van der Waals surface area contributed by atoms with Gasteiger partial charge in [-0.05, 0) is 38.1 Å². The minimum Gasteiger partial charge on any atom is -0.372 e. The normalized spacial score (nSPS) is 10.0. The molecule has 1 aromatic rings. The van der Waals surface area contributed by atoms with E-state index in [0.717, 1.165) is 18.7 Å². The maximum absolute atomic E-state index is 11.7. The molecule has 0 bridgehead atoms. The van der Waals surface area contributed by atoms with Crippen LogP contribution in [0.5, 0.6) is 0 Å². The predicted octanol–water partition coefficient (Wildman–Crippen LogP) is 2.23. The van der Waals surface area contributed by atoms with Gasteiger partial charge in [-0.25, -0.2) is 0 Å². The number of benzene rings is 1. The second-order valence-electron chi connectivity index (χ2n) is 3.92. The third-order valence-electron chi connectivity index (χ3n) is 2.65. The molecule has 1 amide bonds. The van der Waals surface area contributed by atoms with Gasteiger partial charge in [0.1, 0.15) is 0 Å². The van der Waals surface area contributed by atoms with Gasteiger partial charge in [-0.1, -0.05) is 0 Å². The van der Waals surface area contributed by atoms with E-state index in [2.05, 4.69) is 18.7 Å². The first kappa shape index (κ1) is 12.6. The molecular formula is C13H20N2O. The summed E-state index contributed by atoms with van der Waals surface area (Å²) >= 11 is 0. The van der Waals surface area contributed by atoms with E-state index < -0.39 is 0 Å². The Morgan fingerprint density at radius 2 is 1.56 bits per heavy atom. The zero-order valence-electron chi connectivity index (χ0n) is 10.5. The standard InChI is InChI=1S/C13H20N2O/c1-5-15(6-2)12-9-7-11(8-10-12)13(16)14(3)4/h7-10H,5-6H2,1-4H3. The molecule has 3 nitrogen and oxygen atoms in total. The zero-order valence-corrected chi connectivity index (χ0v) is 10.5. The van der Waals surface area contributed by atoms with Crippen molar-refractivity contribution in [2.45, 2.75) is 13.8 Å². The van der Waals surface area contributed by atoms with Crippen LogP contribution in [0.15, 0.2) is 24.3 Å². The van der Waals surface area contributed by atoms with Crippen molar-refractivity contribution in [2.24, 2.45) is 0 Å². The molecule has 1 aromatic carbocycles. The number of nitrogens with zero attached hydrogens (tertiary/aromatic N) is 2. The molecule has 1 rings (SSSR count). The predicted molar refractivity (Wildman–Crippen MR) is 68.0 cm³/mol. The fourth-order valence-corrected chi connectivity index (χ4v) is 1.66. The summed E-state index contributed by atoms with van der Waals surface area (Å²) in [5.41, 5.74) is 1.90. The molecule has 0 heterocycles. The lowest BCUT2D eigenvalue weighted by atomic mass is 10.1. The molecule has 0 aromatic heterocycles. The fraction of sp³-hybridized carbons (Fsp3) is 0.462. The highest BCUT2D eigenvalue weighted by Gasteiger charge is 2.08. The maximum atomic E-state index is 11.7. The number of carbonyl (C=O) groups excluding carboxylic acids is 1. The average Bonchev–Trinajstić information content (AvgIpc) is 2.30. The Balaban J connectivity index is 2.86. The van der Waals surface area contributed by atoms with E-state index in [1.165, 1.54) is 5.69 Å². The van der Waals surface area contributed by atoms with Gasteiger partial charge in [0.25, 0.3) is 5.91 Å². The number of anilines is 1. The molecule has 0 aliphatic heterocycles. The lowest BCUT2D eigenvalue weighted by Gasteiger charge is -2.21. The summed E-state index contributed by atoms with van der Waals surface area (Å²) in [6.45, 7) is 6.22. The number of rotatable bonds is 4. The third-order valence-corrected chi connectivity index (χ3v) is 2.65. The van der Waals surface area contributed by atoms with Gasteiger partial charge in [0.2, 0.25) is 0 Å². The van der Waals surface area contributed by atoms with Crippen molar-refractivity contribution < 1.29 is 4.79 Å². The second-order valence-corrected chi connectivity index (χ2v) is 3.92. The Morgan fingerprint density at radius 3 is 1.94 bits per heavy atom.